The Bertz CT molecular complexity index is 770. The highest BCUT2D eigenvalue weighted by atomic mass is 32.1. The van der Waals surface area contributed by atoms with Crippen LogP contribution in [0.4, 0.5) is 0 Å². The van der Waals surface area contributed by atoms with Crippen LogP contribution < -0.4 is 20.4 Å². The highest BCUT2D eigenvalue weighted by Crippen LogP contribution is 2.30. The first kappa shape index (κ1) is 17.2. The van der Waals surface area contributed by atoms with Crippen LogP contribution in [0.2, 0.25) is 0 Å². The minimum absolute atomic E-state index is 0.315. The van der Waals surface area contributed by atoms with Crippen LogP contribution in [0, 0.1) is 0 Å². The molecular formula is C16H20N2O4S. The van der Waals surface area contributed by atoms with Crippen LogP contribution in [0.15, 0.2) is 27.4 Å². The quantitative estimate of drug-likeness (QED) is 0.635. The van der Waals surface area contributed by atoms with E-state index < -0.39 is 5.63 Å². The van der Waals surface area contributed by atoms with Gasteiger partial charge < -0.3 is 24.1 Å². The summed E-state index contributed by atoms with van der Waals surface area (Å²) in [6.45, 7) is 1.45. The SMILES string of the molecule is COc1cc(OC)c2cc(C(=S)NCCN(C)C)c(=O)oc2c1. The van der Waals surface area contributed by atoms with Gasteiger partial charge in [0.15, 0.2) is 0 Å². The van der Waals surface area contributed by atoms with Crippen LogP contribution in [0.5, 0.6) is 11.5 Å². The van der Waals surface area contributed by atoms with Crippen LogP contribution in [0.3, 0.4) is 0 Å². The number of rotatable bonds is 6. The van der Waals surface area contributed by atoms with Crippen LogP contribution in [-0.2, 0) is 0 Å². The van der Waals surface area contributed by atoms with Crippen molar-refractivity contribution in [1.29, 1.82) is 0 Å². The number of thiocarbonyl (C=S) groups is 1. The lowest BCUT2D eigenvalue weighted by atomic mass is 10.1. The zero-order chi connectivity index (χ0) is 17.0. The summed E-state index contributed by atoms with van der Waals surface area (Å²) in [6.07, 6.45) is 0. The molecule has 0 unspecified atom stereocenters. The van der Waals surface area contributed by atoms with Crippen LogP contribution in [0.1, 0.15) is 5.56 Å². The van der Waals surface area contributed by atoms with E-state index in [0.29, 0.717) is 39.6 Å². The molecule has 7 heteroatoms. The highest BCUT2D eigenvalue weighted by molar-refractivity contribution is 7.80. The Morgan fingerprint density at radius 1 is 1.26 bits per heavy atom. The van der Waals surface area contributed by atoms with Crippen molar-refractivity contribution >= 4 is 28.2 Å². The molecule has 0 amide bonds. The number of hydrogen-bond acceptors (Lipinski definition) is 6. The summed E-state index contributed by atoms with van der Waals surface area (Å²) < 4.78 is 15.9. The predicted molar refractivity (Wildman–Crippen MR) is 93.8 cm³/mol. The molecule has 0 aliphatic carbocycles. The lowest BCUT2D eigenvalue weighted by Crippen LogP contribution is -2.33. The number of likely N-dealkylation sites (N-methyl/N-ethyl adjacent to an activating group) is 1. The van der Waals surface area contributed by atoms with Crippen molar-refractivity contribution in [3.63, 3.8) is 0 Å². The first-order valence-corrected chi connectivity index (χ1v) is 7.50. The van der Waals surface area contributed by atoms with E-state index in [4.69, 9.17) is 26.1 Å². The van der Waals surface area contributed by atoms with Crippen LogP contribution in [-0.4, -0.2) is 51.3 Å². The number of ether oxygens (including phenoxy) is 2. The molecule has 0 bridgehead atoms. The summed E-state index contributed by atoms with van der Waals surface area (Å²) >= 11 is 5.30. The van der Waals surface area contributed by atoms with Gasteiger partial charge in [-0.3, -0.25) is 0 Å². The maximum atomic E-state index is 12.2. The molecule has 0 spiro atoms. The van der Waals surface area contributed by atoms with E-state index in [0.717, 1.165) is 6.54 Å². The van der Waals surface area contributed by atoms with Gasteiger partial charge >= 0.3 is 5.63 Å². The Hall–Kier alpha value is -2.12. The van der Waals surface area contributed by atoms with Gasteiger partial charge in [-0.15, -0.1) is 0 Å². The summed E-state index contributed by atoms with van der Waals surface area (Å²) in [6, 6.07) is 5.06. The maximum absolute atomic E-state index is 12.2. The monoisotopic (exact) mass is 336 g/mol. The lowest BCUT2D eigenvalue weighted by molar-refractivity contribution is 0.396. The molecular weight excluding hydrogens is 316 g/mol. The highest BCUT2D eigenvalue weighted by Gasteiger charge is 2.14. The minimum atomic E-state index is -0.491. The molecule has 0 saturated heterocycles. The fourth-order valence-corrected chi connectivity index (χ4v) is 2.34. The summed E-state index contributed by atoms with van der Waals surface area (Å²) in [5, 5.41) is 3.73. The van der Waals surface area contributed by atoms with Crippen molar-refractivity contribution < 1.29 is 13.9 Å². The molecule has 0 atom stereocenters. The molecule has 1 aromatic heterocycles. The largest absolute Gasteiger partial charge is 0.496 e. The molecule has 1 heterocycles. The smallest absolute Gasteiger partial charge is 0.346 e. The van der Waals surface area contributed by atoms with Gasteiger partial charge in [0.25, 0.3) is 0 Å². The van der Waals surface area contributed by atoms with E-state index in [2.05, 4.69) is 5.32 Å². The van der Waals surface area contributed by atoms with E-state index in [1.165, 1.54) is 7.11 Å². The Morgan fingerprint density at radius 3 is 2.61 bits per heavy atom. The van der Waals surface area contributed by atoms with Gasteiger partial charge in [-0.1, -0.05) is 12.2 Å². The molecule has 0 aliphatic heterocycles. The van der Waals surface area contributed by atoms with Gasteiger partial charge in [0.1, 0.15) is 22.1 Å². The zero-order valence-corrected chi connectivity index (χ0v) is 14.5. The third-order valence-electron chi connectivity index (χ3n) is 3.33. The van der Waals surface area contributed by atoms with Gasteiger partial charge in [0.2, 0.25) is 0 Å². The number of nitrogens with one attached hydrogen (secondary N) is 1. The lowest BCUT2D eigenvalue weighted by Gasteiger charge is -2.12. The van der Waals surface area contributed by atoms with Crippen LogP contribution in [0.25, 0.3) is 11.0 Å². The Morgan fingerprint density at radius 2 is 2.00 bits per heavy atom. The first-order valence-electron chi connectivity index (χ1n) is 7.09. The van der Waals surface area contributed by atoms with Crippen LogP contribution >= 0.6 is 12.2 Å². The van der Waals surface area contributed by atoms with Crippen molar-refractivity contribution in [2.45, 2.75) is 0 Å². The van der Waals surface area contributed by atoms with E-state index in [1.54, 1.807) is 25.3 Å². The Balaban J connectivity index is 2.40. The zero-order valence-electron chi connectivity index (χ0n) is 13.6. The van der Waals surface area contributed by atoms with Crippen molar-refractivity contribution in [3.05, 3.63) is 34.2 Å². The number of fused-ring (bicyclic) bond motifs is 1. The molecule has 1 N–H and O–H groups in total. The Kier molecular flexibility index (Phi) is 5.57. The van der Waals surface area contributed by atoms with Crippen molar-refractivity contribution in [2.24, 2.45) is 0 Å². The van der Waals surface area contributed by atoms with Gasteiger partial charge in [-0.2, -0.15) is 0 Å². The molecule has 0 fully saturated rings. The Labute approximate surface area is 140 Å². The second-order valence-electron chi connectivity index (χ2n) is 5.25. The molecule has 0 saturated carbocycles. The minimum Gasteiger partial charge on any atom is -0.496 e. The molecule has 2 rings (SSSR count). The van der Waals surface area contributed by atoms with Crippen molar-refractivity contribution in [2.75, 3.05) is 41.4 Å². The fourth-order valence-electron chi connectivity index (χ4n) is 2.10. The summed E-state index contributed by atoms with van der Waals surface area (Å²) in [5.41, 5.74) is 0.218. The molecule has 1 aromatic carbocycles. The summed E-state index contributed by atoms with van der Waals surface area (Å²) in [4.78, 5) is 14.6. The first-order chi connectivity index (χ1) is 11.0. The maximum Gasteiger partial charge on any atom is 0.346 e. The van der Waals surface area contributed by atoms with E-state index >= 15 is 0 Å². The number of benzene rings is 1. The number of methoxy groups -OCH3 is 2. The van der Waals surface area contributed by atoms with Gasteiger partial charge in [0, 0.05) is 25.2 Å². The number of hydrogen-bond donors (Lipinski definition) is 1. The normalized spacial score (nSPS) is 10.8. The molecule has 0 radical (unpaired) electrons. The molecule has 0 aliphatic rings. The second-order valence-corrected chi connectivity index (χ2v) is 5.66. The second kappa shape index (κ2) is 7.43. The molecule has 23 heavy (non-hydrogen) atoms. The van der Waals surface area contributed by atoms with Crippen molar-refractivity contribution in [1.82, 2.24) is 10.2 Å². The van der Waals surface area contributed by atoms with E-state index in [1.807, 2.05) is 19.0 Å². The van der Waals surface area contributed by atoms with Gasteiger partial charge in [-0.25, -0.2) is 4.79 Å². The molecule has 6 nitrogen and oxygen atoms in total. The summed E-state index contributed by atoms with van der Waals surface area (Å²) in [7, 11) is 7.02. The fraction of sp³-hybridized carbons (Fsp3) is 0.375. The standard InChI is InChI=1S/C16H20N2O4S/c1-18(2)6-5-17-15(23)12-9-11-13(21-4)7-10(20-3)8-14(11)22-16(12)19/h7-9H,5-6H2,1-4H3,(H,17,23). The summed E-state index contributed by atoms with van der Waals surface area (Å²) in [5.74, 6) is 1.11. The van der Waals surface area contributed by atoms with Crippen molar-refractivity contribution in [3.8, 4) is 11.5 Å². The molecule has 2 aromatic rings. The third-order valence-corrected chi connectivity index (χ3v) is 3.70. The number of nitrogens with zero attached hydrogens (tertiary/aromatic N) is 1. The molecule has 124 valence electrons. The van der Waals surface area contributed by atoms with Gasteiger partial charge in [-0.05, 0) is 20.2 Å². The van der Waals surface area contributed by atoms with E-state index in [-0.39, 0.29) is 0 Å². The average molecular weight is 336 g/mol. The van der Waals surface area contributed by atoms with E-state index in [9.17, 15) is 4.79 Å². The topological polar surface area (TPSA) is 63.9 Å². The average Bonchev–Trinajstić information content (AvgIpc) is 2.52. The predicted octanol–water partition coefficient (Wildman–Crippen LogP) is 1.64. The van der Waals surface area contributed by atoms with Gasteiger partial charge in [0.05, 0.1) is 25.2 Å². The third kappa shape index (κ3) is 4.00.